The third-order valence-electron chi connectivity index (χ3n) is 4.19. The lowest BCUT2D eigenvalue weighted by molar-refractivity contribution is 0.0397. The fourth-order valence-corrected chi connectivity index (χ4v) is 3.52. The summed E-state index contributed by atoms with van der Waals surface area (Å²) in [7, 11) is 4.77. The Balaban J connectivity index is 1.51. The van der Waals surface area contributed by atoms with Crippen molar-refractivity contribution in [3.63, 3.8) is 0 Å². The van der Waals surface area contributed by atoms with Crippen molar-refractivity contribution in [1.29, 1.82) is 0 Å². The molecule has 0 aliphatic rings. The van der Waals surface area contributed by atoms with Gasteiger partial charge in [0, 0.05) is 5.75 Å². The van der Waals surface area contributed by atoms with Gasteiger partial charge >= 0.3 is 0 Å². The lowest BCUT2D eigenvalue weighted by Crippen LogP contribution is -2.18. The van der Waals surface area contributed by atoms with Crippen molar-refractivity contribution in [3.8, 4) is 22.9 Å². The predicted octanol–water partition coefficient (Wildman–Crippen LogP) is 2.36. The Labute approximate surface area is 178 Å². The first kappa shape index (κ1) is 21.9. The standard InChI is InChI=1S/C20H24N4O5S/c1-26-17-7-5-4-6-16(17)24-20(21-22-23-24)30-13-15(25)12-29-11-14-8-9-18(27-2)19(10-14)28-3/h4-10,15,25H,11-13H2,1-3H3. The van der Waals surface area contributed by atoms with Gasteiger partial charge in [0.05, 0.1) is 40.6 Å². The van der Waals surface area contributed by atoms with Gasteiger partial charge in [-0.15, -0.1) is 5.10 Å². The number of benzene rings is 2. The molecule has 1 aromatic heterocycles. The van der Waals surface area contributed by atoms with Gasteiger partial charge in [0.2, 0.25) is 5.16 Å². The van der Waals surface area contributed by atoms with Gasteiger partial charge in [0.1, 0.15) is 11.4 Å². The van der Waals surface area contributed by atoms with E-state index in [-0.39, 0.29) is 6.61 Å². The van der Waals surface area contributed by atoms with Crippen molar-refractivity contribution in [2.75, 3.05) is 33.7 Å². The maximum Gasteiger partial charge on any atom is 0.214 e. The van der Waals surface area contributed by atoms with Crippen LogP contribution in [-0.4, -0.2) is 65.1 Å². The first-order valence-corrected chi connectivity index (χ1v) is 10.2. The first-order valence-electron chi connectivity index (χ1n) is 9.17. The monoisotopic (exact) mass is 432 g/mol. The van der Waals surface area contributed by atoms with Crippen LogP contribution >= 0.6 is 11.8 Å². The lowest BCUT2D eigenvalue weighted by atomic mass is 10.2. The number of tetrazole rings is 1. The minimum atomic E-state index is -0.682. The minimum Gasteiger partial charge on any atom is -0.494 e. The molecule has 160 valence electrons. The molecule has 0 fully saturated rings. The van der Waals surface area contributed by atoms with Crippen LogP contribution < -0.4 is 14.2 Å². The van der Waals surface area contributed by atoms with E-state index in [1.165, 1.54) is 11.8 Å². The van der Waals surface area contributed by atoms with Crippen LogP contribution in [0, 0.1) is 0 Å². The van der Waals surface area contributed by atoms with E-state index in [1.807, 2.05) is 42.5 Å². The van der Waals surface area contributed by atoms with E-state index in [0.717, 1.165) is 11.3 Å². The fourth-order valence-electron chi connectivity index (χ4n) is 2.73. The van der Waals surface area contributed by atoms with Gasteiger partial charge in [0.25, 0.3) is 0 Å². The van der Waals surface area contributed by atoms with Gasteiger partial charge in [-0.3, -0.25) is 0 Å². The zero-order valence-electron chi connectivity index (χ0n) is 17.0. The van der Waals surface area contributed by atoms with Gasteiger partial charge in [-0.05, 0) is 40.3 Å². The van der Waals surface area contributed by atoms with Gasteiger partial charge in [0.15, 0.2) is 11.5 Å². The van der Waals surface area contributed by atoms with E-state index < -0.39 is 6.10 Å². The number of ether oxygens (including phenoxy) is 4. The molecule has 10 heteroatoms. The average Bonchev–Trinajstić information content (AvgIpc) is 3.26. The summed E-state index contributed by atoms with van der Waals surface area (Å²) in [5.41, 5.74) is 1.65. The molecule has 3 aromatic rings. The topological polar surface area (TPSA) is 101 Å². The summed E-state index contributed by atoms with van der Waals surface area (Å²) in [5.74, 6) is 2.33. The highest BCUT2D eigenvalue weighted by molar-refractivity contribution is 7.99. The van der Waals surface area contributed by atoms with Crippen LogP contribution in [0.4, 0.5) is 0 Å². The SMILES string of the molecule is COc1ccc(COCC(O)CSc2nnnn2-c2ccccc2OC)cc1OC. The van der Waals surface area contributed by atoms with Crippen molar-refractivity contribution in [2.45, 2.75) is 17.9 Å². The van der Waals surface area contributed by atoms with Crippen LogP contribution in [0.25, 0.3) is 5.69 Å². The molecule has 0 aliphatic heterocycles. The normalized spacial score (nSPS) is 11.9. The maximum absolute atomic E-state index is 10.3. The molecular weight excluding hydrogens is 408 g/mol. The molecule has 0 aliphatic carbocycles. The second-order valence-electron chi connectivity index (χ2n) is 6.21. The molecule has 0 radical (unpaired) electrons. The summed E-state index contributed by atoms with van der Waals surface area (Å²) in [4.78, 5) is 0. The van der Waals surface area contributed by atoms with Crippen LogP contribution in [0.15, 0.2) is 47.6 Å². The quantitative estimate of drug-likeness (QED) is 0.458. The number of hydrogen-bond donors (Lipinski definition) is 1. The predicted molar refractivity (Wildman–Crippen MR) is 112 cm³/mol. The van der Waals surface area contributed by atoms with Crippen molar-refractivity contribution in [1.82, 2.24) is 20.2 Å². The highest BCUT2D eigenvalue weighted by Crippen LogP contribution is 2.28. The minimum absolute atomic E-state index is 0.178. The Morgan fingerprint density at radius 1 is 1.00 bits per heavy atom. The zero-order valence-corrected chi connectivity index (χ0v) is 17.8. The molecule has 1 atom stereocenters. The number of rotatable bonds is 11. The smallest absolute Gasteiger partial charge is 0.214 e. The summed E-state index contributed by atoms with van der Waals surface area (Å²) in [6, 6.07) is 13.0. The third-order valence-corrected chi connectivity index (χ3v) is 5.25. The molecule has 0 spiro atoms. The molecule has 2 aromatic carbocycles. The van der Waals surface area contributed by atoms with E-state index in [9.17, 15) is 5.11 Å². The number of aromatic nitrogens is 4. The maximum atomic E-state index is 10.3. The zero-order chi connectivity index (χ0) is 21.3. The fraction of sp³-hybridized carbons (Fsp3) is 0.350. The van der Waals surface area contributed by atoms with Gasteiger partial charge in [-0.25, -0.2) is 0 Å². The van der Waals surface area contributed by atoms with E-state index in [1.54, 1.807) is 26.0 Å². The Kier molecular flexibility index (Phi) is 7.89. The Bertz CT molecular complexity index is 952. The molecule has 3 rings (SSSR count). The van der Waals surface area contributed by atoms with Crippen molar-refractivity contribution >= 4 is 11.8 Å². The van der Waals surface area contributed by atoms with E-state index in [4.69, 9.17) is 18.9 Å². The Morgan fingerprint density at radius 3 is 2.53 bits per heavy atom. The Hall–Kier alpha value is -2.82. The van der Waals surface area contributed by atoms with Gasteiger partial charge < -0.3 is 24.1 Å². The number of aliphatic hydroxyl groups is 1. The molecule has 1 N–H and O–H groups in total. The van der Waals surface area contributed by atoms with Crippen LogP contribution in [0.1, 0.15) is 5.56 Å². The molecule has 0 bridgehead atoms. The largest absolute Gasteiger partial charge is 0.494 e. The number of para-hydroxylation sites is 2. The Morgan fingerprint density at radius 2 is 1.77 bits per heavy atom. The first-order chi connectivity index (χ1) is 14.7. The van der Waals surface area contributed by atoms with E-state index in [0.29, 0.717) is 34.8 Å². The summed E-state index contributed by atoms with van der Waals surface area (Å²) >= 11 is 1.34. The molecule has 0 saturated heterocycles. The highest BCUT2D eigenvalue weighted by Gasteiger charge is 2.15. The van der Waals surface area contributed by atoms with E-state index in [2.05, 4.69) is 15.5 Å². The number of hydrogen-bond acceptors (Lipinski definition) is 9. The van der Waals surface area contributed by atoms with Crippen LogP contribution in [-0.2, 0) is 11.3 Å². The number of thioether (sulfide) groups is 1. The van der Waals surface area contributed by atoms with Crippen molar-refractivity contribution in [2.24, 2.45) is 0 Å². The van der Waals surface area contributed by atoms with Crippen molar-refractivity contribution < 1.29 is 24.1 Å². The summed E-state index contributed by atoms with van der Waals surface area (Å²) in [5, 5.41) is 22.6. The molecular formula is C20H24N4O5S. The van der Waals surface area contributed by atoms with E-state index >= 15 is 0 Å². The molecule has 30 heavy (non-hydrogen) atoms. The summed E-state index contributed by atoms with van der Waals surface area (Å²) < 4.78 is 23.1. The summed E-state index contributed by atoms with van der Waals surface area (Å²) in [6.45, 7) is 0.526. The van der Waals surface area contributed by atoms with Crippen molar-refractivity contribution in [3.05, 3.63) is 48.0 Å². The third kappa shape index (κ3) is 5.41. The van der Waals surface area contributed by atoms with Crippen LogP contribution in [0.5, 0.6) is 17.2 Å². The molecule has 9 nitrogen and oxygen atoms in total. The van der Waals surface area contributed by atoms with Crippen LogP contribution in [0.3, 0.4) is 0 Å². The van der Waals surface area contributed by atoms with Crippen LogP contribution in [0.2, 0.25) is 0 Å². The van der Waals surface area contributed by atoms with Gasteiger partial charge in [-0.1, -0.05) is 30.0 Å². The number of methoxy groups -OCH3 is 3. The second kappa shape index (κ2) is 10.8. The second-order valence-corrected chi connectivity index (χ2v) is 7.20. The lowest BCUT2D eigenvalue weighted by Gasteiger charge is -2.13. The molecule has 1 unspecified atom stereocenters. The molecule has 1 heterocycles. The molecule has 0 amide bonds. The number of nitrogens with zero attached hydrogens (tertiary/aromatic N) is 4. The average molecular weight is 433 g/mol. The molecule has 0 saturated carbocycles. The summed E-state index contributed by atoms with van der Waals surface area (Å²) in [6.07, 6.45) is -0.682. The highest BCUT2D eigenvalue weighted by atomic mass is 32.2. The number of aliphatic hydroxyl groups excluding tert-OH is 1. The van der Waals surface area contributed by atoms with Gasteiger partial charge in [-0.2, -0.15) is 4.68 Å².